The van der Waals surface area contributed by atoms with Gasteiger partial charge >= 0.3 is 12.0 Å². The van der Waals surface area contributed by atoms with Gasteiger partial charge < -0.3 is 15.7 Å². The Kier molecular flexibility index (Phi) is 5.84. The third-order valence-electron chi connectivity index (χ3n) is 4.08. The van der Waals surface area contributed by atoms with Crippen LogP contribution in [0.3, 0.4) is 0 Å². The maximum atomic E-state index is 12.1. The highest BCUT2D eigenvalue weighted by molar-refractivity contribution is 5.89. The molecular formula is C22H20N2O3. The molecule has 0 spiro atoms. The zero-order valence-electron chi connectivity index (χ0n) is 14.7. The molecule has 0 heterocycles. The molecule has 0 atom stereocenters. The van der Waals surface area contributed by atoms with Crippen LogP contribution in [-0.4, -0.2) is 17.1 Å². The standard InChI is InChI=1S/C22H20N2O3/c25-21(26)14-16-6-8-17(9-7-16)15-23-22(27)24-20-12-10-19(11-13-20)18-4-2-1-3-5-18/h1-13H,14-15H2,(H,25,26)(H2,23,24,27). The van der Waals surface area contributed by atoms with Crippen LogP contribution in [0.5, 0.6) is 0 Å². The molecule has 3 aromatic rings. The fourth-order valence-corrected chi connectivity index (χ4v) is 2.68. The normalized spacial score (nSPS) is 10.2. The van der Waals surface area contributed by atoms with Crippen molar-refractivity contribution < 1.29 is 14.7 Å². The van der Waals surface area contributed by atoms with Crippen molar-refractivity contribution in [2.24, 2.45) is 0 Å². The van der Waals surface area contributed by atoms with E-state index in [1.165, 1.54) is 0 Å². The van der Waals surface area contributed by atoms with Crippen molar-refractivity contribution >= 4 is 17.7 Å². The smallest absolute Gasteiger partial charge is 0.319 e. The first-order valence-electron chi connectivity index (χ1n) is 8.60. The lowest BCUT2D eigenvalue weighted by Crippen LogP contribution is -2.28. The van der Waals surface area contributed by atoms with Crippen LogP contribution >= 0.6 is 0 Å². The van der Waals surface area contributed by atoms with Crippen molar-refractivity contribution in [1.82, 2.24) is 5.32 Å². The zero-order valence-corrected chi connectivity index (χ0v) is 14.7. The molecular weight excluding hydrogens is 340 g/mol. The van der Waals surface area contributed by atoms with E-state index in [0.29, 0.717) is 12.2 Å². The van der Waals surface area contributed by atoms with Gasteiger partial charge in [0.1, 0.15) is 0 Å². The van der Waals surface area contributed by atoms with E-state index in [0.717, 1.165) is 22.3 Å². The van der Waals surface area contributed by atoms with Gasteiger partial charge in [-0.05, 0) is 34.4 Å². The van der Waals surface area contributed by atoms with Gasteiger partial charge in [0.05, 0.1) is 6.42 Å². The first-order valence-corrected chi connectivity index (χ1v) is 8.60. The van der Waals surface area contributed by atoms with Crippen molar-refractivity contribution in [1.29, 1.82) is 0 Å². The summed E-state index contributed by atoms with van der Waals surface area (Å²) in [7, 11) is 0. The molecule has 136 valence electrons. The second kappa shape index (κ2) is 8.67. The number of rotatable bonds is 6. The quantitative estimate of drug-likeness (QED) is 0.613. The molecule has 0 aliphatic carbocycles. The van der Waals surface area contributed by atoms with Crippen LogP contribution in [-0.2, 0) is 17.8 Å². The first kappa shape index (κ1) is 18.2. The van der Waals surface area contributed by atoms with Crippen LogP contribution < -0.4 is 10.6 Å². The third kappa shape index (κ3) is 5.44. The highest BCUT2D eigenvalue weighted by Gasteiger charge is 2.04. The molecule has 27 heavy (non-hydrogen) atoms. The number of nitrogens with one attached hydrogen (secondary N) is 2. The van der Waals surface area contributed by atoms with Crippen LogP contribution in [0.2, 0.25) is 0 Å². The van der Waals surface area contributed by atoms with E-state index in [4.69, 9.17) is 5.11 Å². The maximum absolute atomic E-state index is 12.1. The lowest BCUT2D eigenvalue weighted by atomic mass is 10.1. The number of aliphatic carboxylic acids is 1. The van der Waals surface area contributed by atoms with Gasteiger partial charge in [-0.25, -0.2) is 4.79 Å². The van der Waals surface area contributed by atoms with E-state index in [1.807, 2.05) is 66.7 Å². The van der Waals surface area contributed by atoms with Crippen LogP contribution in [0, 0.1) is 0 Å². The van der Waals surface area contributed by atoms with Crippen LogP contribution in [0.4, 0.5) is 10.5 Å². The maximum Gasteiger partial charge on any atom is 0.319 e. The molecule has 0 aromatic heterocycles. The average molecular weight is 360 g/mol. The summed E-state index contributed by atoms with van der Waals surface area (Å²) in [6.07, 6.45) is -0.00677. The summed E-state index contributed by atoms with van der Waals surface area (Å²) in [5.74, 6) is -0.862. The van der Waals surface area contributed by atoms with Gasteiger partial charge in [0, 0.05) is 12.2 Å². The van der Waals surface area contributed by atoms with E-state index >= 15 is 0 Å². The molecule has 3 aromatic carbocycles. The van der Waals surface area contributed by atoms with E-state index in [1.54, 1.807) is 12.1 Å². The zero-order chi connectivity index (χ0) is 19.1. The van der Waals surface area contributed by atoms with Crippen molar-refractivity contribution in [3.63, 3.8) is 0 Å². The number of carbonyl (C=O) groups excluding carboxylic acids is 1. The SMILES string of the molecule is O=C(O)Cc1ccc(CNC(=O)Nc2ccc(-c3ccccc3)cc2)cc1. The molecule has 0 unspecified atom stereocenters. The topological polar surface area (TPSA) is 78.4 Å². The Morgan fingerprint density at radius 1 is 0.741 bits per heavy atom. The van der Waals surface area contributed by atoms with E-state index in [-0.39, 0.29) is 12.5 Å². The summed E-state index contributed by atoms with van der Waals surface area (Å²) in [4.78, 5) is 22.7. The molecule has 0 saturated carbocycles. The lowest BCUT2D eigenvalue weighted by Gasteiger charge is -2.09. The number of urea groups is 1. The average Bonchev–Trinajstić information content (AvgIpc) is 2.68. The van der Waals surface area contributed by atoms with E-state index in [2.05, 4.69) is 10.6 Å². The summed E-state index contributed by atoms with van der Waals surface area (Å²) in [5, 5.41) is 14.4. The molecule has 0 aliphatic rings. The second-order valence-corrected chi connectivity index (χ2v) is 6.14. The van der Waals surface area contributed by atoms with Crippen molar-refractivity contribution in [2.45, 2.75) is 13.0 Å². The van der Waals surface area contributed by atoms with Crippen molar-refractivity contribution in [2.75, 3.05) is 5.32 Å². The summed E-state index contributed by atoms with van der Waals surface area (Å²) in [5.41, 5.74) is 4.56. The summed E-state index contributed by atoms with van der Waals surface area (Å²) in [6, 6.07) is 24.5. The predicted molar refractivity (Wildman–Crippen MR) is 106 cm³/mol. The summed E-state index contributed by atoms with van der Waals surface area (Å²) >= 11 is 0. The monoisotopic (exact) mass is 360 g/mol. The lowest BCUT2D eigenvalue weighted by molar-refractivity contribution is -0.136. The van der Waals surface area contributed by atoms with E-state index < -0.39 is 5.97 Å². The minimum Gasteiger partial charge on any atom is -0.481 e. The van der Waals surface area contributed by atoms with Gasteiger partial charge in [0.15, 0.2) is 0 Å². The predicted octanol–water partition coefficient (Wildman–Crippen LogP) is 4.30. The molecule has 0 aliphatic heterocycles. The number of carboxylic acid groups (broad SMARTS) is 1. The Morgan fingerprint density at radius 3 is 1.96 bits per heavy atom. The van der Waals surface area contributed by atoms with Gasteiger partial charge in [-0.3, -0.25) is 4.79 Å². The first-order chi connectivity index (χ1) is 13.1. The number of benzene rings is 3. The van der Waals surface area contributed by atoms with Gasteiger partial charge in [0.25, 0.3) is 0 Å². The fraction of sp³-hybridized carbons (Fsp3) is 0.0909. The van der Waals surface area contributed by atoms with Gasteiger partial charge in [-0.15, -0.1) is 0 Å². The molecule has 5 heteroatoms. The molecule has 2 amide bonds. The Labute approximate surface area is 157 Å². The third-order valence-corrected chi connectivity index (χ3v) is 4.08. The number of carbonyl (C=O) groups is 2. The number of carboxylic acids is 1. The number of amides is 2. The number of anilines is 1. The Balaban J connectivity index is 1.51. The molecule has 3 N–H and O–H groups in total. The van der Waals surface area contributed by atoms with Gasteiger partial charge in [0.2, 0.25) is 0 Å². The number of hydrogen-bond donors (Lipinski definition) is 3. The van der Waals surface area contributed by atoms with Crippen LogP contribution in [0.25, 0.3) is 11.1 Å². The minimum absolute atomic E-state index is 0.00677. The largest absolute Gasteiger partial charge is 0.481 e. The van der Waals surface area contributed by atoms with Crippen molar-refractivity contribution in [3.05, 3.63) is 90.0 Å². The molecule has 0 saturated heterocycles. The van der Waals surface area contributed by atoms with Crippen LogP contribution in [0.15, 0.2) is 78.9 Å². The molecule has 0 fully saturated rings. The number of hydrogen-bond acceptors (Lipinski definition) is 2. The van der Waals surface area contributed by atoms with Gasteiger partial charge in [-0.2, -0.15) is 0 Å². The van der Waals surface area contributed by atoms with E-state index in [9.17, 15) is 9.59 Å². The van der Waals surface area contributed by atoms with Crippen LogP contribution in [0.1, 0.15) is 11.1 Å². The Bertz CT molecular complexity index is 905. The second-order valence-electron chi connectivity index (χ2n) is 6.14. The Morgan fingerprint density at radius 2 is 1.33 bits per heavy atom. The van der Waals surface area contributed by atoms with Gasteiger partial charge in [-0.1, -0.05) is 66.7 Å². The molecule has 3 rings (SSSR count). The molecule has 0 bridgehead atoms. The minimum atomic E-state index is -0.862. The summed E-state index contributed by atoms with van der Waals surface area (Å²) < 4.78 is 0. The highest BCUT2D eigenvalue weighted by atomic mass is 16.4. The van der Waals surface area contributed by atoms with Crippen molar-refractivity contribution in [3.8, 4) is 11.1 Å². The molecule has 5 nitrogen and oxygen atoms in total. The summed E-state index contributed by atoms with van der Waals surface area (Å²) in [6.45, 7) is 0.362. The highest BCUT2D eigenvalue weighted by Crippen LogP contribution is 2.20. The Hall–Kier alpha value is -3.60. The molecule has 0 radical (unpaired) electrons. The fourth-order valence-electron chi connectivity index (χ4n) is 2.68.